The highest BCUT2D eigenvalue weighted by molar-refractivity contribution is 6.05. The fourth-order valence-electron chi connectivity index (χ4n) is 2.62. The lowest BCUT2D eigenvalue weighted by atomic mass is 10.2. The Morgan fingerprint density at radius 3 is 2.03 bits per heavy atom. The summed E-state index contributed by atoms with van der Waals surface area (Å²) in [4.78, 5) is 44.2. The standard InChI is InChI=1S/C22H31N5O5/c1-8-23-17(28)15-12-13-10-9-11-14(16(13)24-15)25-18(26-19(29)31-21(2,3)4)27-20(30)32-22(5,6)7/h9-12,24H,8H2,1-7H3,(H,23,28)(H2,25,26,27,29,30). The summed E-state index contributed by atoms with van der Waals surface area (Å²) in [6, 6.07) is 6.93. The van der Waals surface area contributed by atoms with Gasteiger partial charge < -0.3 is 19.8 Å². The summed E-state index contributed by atoms with van der Waals surface area (Å²) in [5, 5.41) is 8.34. The van der Waals surface area contributed by atoms with E-state index in [0.29, 0.717) is 23.4 Å². The van der Waals surface area contributed by atoms with Crippen molar-refractivity contribution in [3.05, 3.63) is 30.0 Å². The lowest BCUT2D eigenvalue weighted by Crippen LogP contribution is -2.47. The van der Waals surface area contributed by atoms with Crippen LogP contribution in [0.2, 0.25) is 0 Å². The van der Waals surface area contributed by atoms with Crippen molar-refractivity contribution in [3.63, 3.8) is 0 Å². The Kier molecular flexibility index (Phi) is 7.50. The average molecular weight is 446 g/mol. The molecule has 0 aliphatic rings. The maximum absolute atomic E-state index is 12.3. The second kappa shape index (κ2) is 9.71. The number of guanidine groups is 1. The van der Waals surface area contributed by atoms with Crippen LogP contribution in [0.1, 0.15) is 59.0 Å². The normalized spacial score (nSPS) is 11.5. The molecule has 0 aliphatic carbocycles. The van der Waals surface area contributed by atoms with Gasteiger partial charge in [-0.2, -0.15) is 0 Å². The molecule has 0 aliphatic heterocycles. The van der Waals surface area contributed by atoms with Crippen molar-refractivity contribution in [2.24, 2.45) is 4.99 Å². The minimum Gasteiger partial charge on any atom is -0.444 e. The second-order valence-corrected chi connectivity index (χ2v) is 9.00. The predicted molar refractivity (Wildman–Crippen MR) is 122 cm³/mol. The van der Waals surface area contributed by atoms with Gasteiger partial charge in [-0.25, -0.2) is 14.6 Å². The molecule has 1 heterocycles. The number of aliphatic imine (C=N–C) groups is 1. The third kappa shape index (κ3) is 7.60. The van der Waals surface area contributed by atoms with E-state index in [2.05, 4.69) is 25.9 Å². The number of rotatable bonds is 3. The first kappa shape index (κ1) is 24.7. The zero-order chi connectivity index (χ0) is 24.1. The van der Waals surface area contributed by atoms with E-state index in [1.165, 1.54) is 0 Å². The van der Waals surface area contributed by atoms with Gasteiger partial charge in [0, 0.05) is 11.9 Å². The van der Waals surface area contributed by atoms with Gasteiger partial charge in [-0.1, -0.05) is 12.1 Å². The molecule has 0 atom stereocenters. The summed E-state index contributed by atoms with van der Waals surface area (Å²) >= 11 is 0. The van der Waals surface area contributed by atoms with Gasteiger partial charge >= 0.3 is 12.2 Å². The number of nitrogens with one attached hydrogen (secondary N) is 4. The maximum atomic E-state index is 12.3. The van der Waals surface area contributed by atoms with Crippen molar-refractivity contribution in [2.45, 2.75) is 59.7 Å². The molecule has 1 aromatic heterocycles. The molecule has 4 N–H and O–H groups in total. The van der Waals surface area contributed by atoms with Gasteiger partial charge in [0.05, 0.1) is 11.2 Å². The Morgan fingerprint density at radius 1 is 0.969 bits per heavy atom. The van der Waals surface area contributed by atoms with Crippen LogP contribution in [-0.2, 0) is 9.47 Å². The number of alkyl carbamates (subject to hydrolysis) is 2. The van der Waals surface area contributed by atoms with Gasteiger partial charge in [0.2, 0.25) is 5.96 Å². The molecule has 0 saturated heterocycles. The Morgan fingerprint density at radius 2 is 1.53 bits per heavy atom. The van der Waals surface area contributed by atoms with E-state index in [0.717, 1.165) is 5.39 Å². The predicted octanol–water partition coefficient (Wildman–Crippen LogP) is 3.95. The lowest BCUT2D eigenvalue weighted by Gasteiger charge is -2.22. The molecule has 10 heteroatoms. The van der Waals surface area contributed by atoms with Crippen molar-refractivity contribution in [1.29, 1.82) is 0 Å². The summed E-state index contributed by atoms with van der Waals surface area (Å²) in [6.07, 6.45) is -1.59. The Balaban J connectivity index is 2.41. The number of ether oxygens (including phenoxy) is 2. The van der Waals surface area contributed by atoms with Crippen LogP contribution < -0.4 is 16.0 Å². The van der Waals surface area contributed by atoms with Gasteiger partial charge in [-0.15, -0.1) is 0 Å². The number of nitrogens with zero attached hydrogens (tertiary/aromatic N) is 1. The fraction of sp³-hybridized carbons (Fsp3) is 0.455. The largest absolute Gasteiger partial charge is 0.444 e. The number of amides is 3. The third-order valence-electron chi connectivity index (χ3n) is 3.69. The number of H-pyrrole nitrogens is 1. The molecule has 1 aromatic carbocycles. The molecule has 174 valence electrons. The van der Waals surface area contributed by atoms with Gasteiger partial charge in [-0.05, 0) is 60.6 Å². The van der Waals surface area contributed by atoms with Crippen molar-refractivity contribution in [2.75, 3.05) is 6.54 Å². The number of hydrogen-bond donors (Lipinski definition) is 4. The van der Waals surface area contributed by atoms with E-state index in [-0.39, 0.29) is 11.9 Å². The Hall–Kier alpha value is -3.56. The van der Waals surface area contributed by atoms with E-state index in [1.54, 1.807) is 59.7 Å². The molecule has 0 saturated carbocycles. The Labute approximate surface area is 187 Å². The number of carbonyl (C=O) groups excluding carboxylic acids is 3. The molecule has 0 unspecified atom stereocenters. The van der Waals surface area contributed by atoms with Crippen molar-refractivity contribution >= 4 is 40.6 Å². The molecule has 2 rings (SSSR count). The van der Waals surface area contributed by atoms with Crippen molar-refractivity contribution in [3.8, 4) is 0 Å². The first-order valence-electron chi connectivity index (χ1n) is 10.3. The van der Waals surface area contributed by atoms with Crippen LogP contribution in [-0.4, -0.2) is 46.8 Å². The van der Waals surface area contributed by atoms with Gasteiger partial charge in [0.15, 0.2) is 0 Å². The highest BCUT2D eigenvalue weighted by atomic mass is 16.6. The van der Waals surface area contributed by atoms with Crippen LogP contribution in [0.15, 0.2) is 29.3 Å². The number of aromatic nitrogens is 1. The van der Waals surface area contributed by atoms with Crippen LogP contribution in [0.25, 0.3) is 10.9 Å². The first-order valence-corrected chi connectivity index (χ1v) is 10.3. The Bertz CT molecular complexity index is 995. The molecule has 10 nitrogen and oxygen atoms in total. The number of aromatic amines is 1. The summed E-state index contributed by atoms with van der Waals surface area (Å²) in [5.74, 6) is -0.437. The SMILES string of the molecule is CCNC(=O)c1cc2cccc(N=C(NC(=O)OC(C)(C)C)NC(=O)OC(C)(C)C)c2[nH]1. The van der Waals surface area contributed by atoms with Crippen LogP contribution >= 0.6 is 0 Å². The number of hydrogen-bond acceptors (Lipinski definition) is 6. The molecular formula is C22H31N5O5. The van der Waals surface area contributed by atoms with E-state index in [1.807, 2.05) is 13.0 Å². The zero-order valence-electron chi connectivity index (χ0n) is 19.5. The minimum absolute atomic E-state index is 0.185. The minimum atomic E-state index is -0.797. The molecule has 0 spiro atoms. The zero-order valence-corrected chi connectivity index (χ0v) is 19.5. The summed E-state index contributed by atoms with van der Waals surface area (Å²) in [7, 11) is 0. The van der Waals surface area contributed by atoms with E-state index in [4.69, 9.17) is 9.47 Å². The van der Waals surface area contributed by atoms with Gasteiger partial charge in [0.25, 0.3) is 5.91 Å². The van der Waals surface area contributed by atoms with E-state index < -0.39 is 23.4 Å². The van der Waals surface area contributed by atoms with E-state index >= 15 is 0 Å². The number of benzene rings is 1. The summed E-state index contributed by atoms with van der Waals surface area (Å²) < 4.78 is 10.5. The molecule has 2 aromatic rings. The van der Waals surface area contributed by atoms with Crippen molar-refractivity contribution in [1.82, 2.24) is 20.9 Å². The van der Waals surface area contributed by atoms with E-state index in [9.17, 15) is 14.4 Å². The topological polar surface area (TPSA) is 134 Å². The van der Waals surface area contributed by atoms with Crippen LogP contribution in [0.3, 0.4) is 0 Å². The number of carbonyl (C=O) groups is 3. The van der Waals surface area contributed by atoms with Crippen LogP contribution in [0, 0.1) is 0 Å². The monoisotopic (exact) mass is 445 g/mol. The lowest BCUT2D eigenvalue weighted by molar-refractivity contribution is 0.0545. The molecule has 32 heavy (non-hydrogen) atoms. The summed E-state index contributed by atoms with van der Waals surface area (Å²) in [5.41, 5.74) is -0.181. The maximum Gasteiger partial charge on any atom is 0.414 e. The molecular weight excluding hydrogens is 414 g/mol. The van der Waals surface area contributed by atoms with Crippen LogP contribution in [0.5, 0.6) is 0 Å². The summed E-state index contributed by atoms with van der Waals surface area (Å²) in [6.45, 7) is 12.6. The third-order valence-corrected chi connectivity index (χ3v) is 3.69. The van der Waals surface area contributed by atoms with Crippen LogP contribution in [0.4, 0.5) is 15.3 Å². The quantitative estimate of drug-likeness (QED) is 0.419. The van der Waals surface area contributed by atoms with Gasteiger partial charge in [-0.3, -0.25) is 15.4 Å². The molecule has 0 bridgehead atoms. The first-order chi connectivity index (χ1) is 14.8. The number of fused-ring (bicyclic) bond motifs is 1. The fourth-order valence-corrected chi connectivity index (χ4v) is 2.62. The highest BCUT2D eigenvalue weighted by Gasteiger charge is 2.22. The van der Waals surface area contributed by atoms with Gasteiger partial charge in [0.1, 0.15) is 16.9 Å². The smallest absolute Gasteiger partial charge is 0.414 e. The molecule has 3 amide bonds. The molecule has 0 radical (unpaired) electrons. The van der Waals surface area contributed by atoms with Crippen molar-refractivity contribution < 1.29 is 23.9 Å². The number of para-hydroxylation sites is 1. The second-order valence-electron chi connectivity index (χ2n) is 9.00. The highest BCUT2D eigenvalue weighted by Crippen LogP contribution is 2.26. The molecule has 0 fully saturated rings. The average Bonchev–Trinajstić information content (AvgIpc) is 3.04.